The smallest absolute Gasteiger partial charge is 0.290 e. The first-order chi connectivity index (χ1) is 14.2. The normalized spacial score (nSPS) is 11.7. The molecule has 0 bridgehead atoms. The lowest BCUT2D eigenvalue weighted by atomic mass is 10.1. The molecule has 10 nitrogen and oxygen atoms in total. The number of nitrogens with one attached hydrogen (secondary N) is 3. The van der Waals surface area contributed by atoms with Crippen LogP contribution < -0.4 is 21.8 Å². The molecule has 0 radical (unpaired) electrons. The van der Waals surface area contributed by atoms with Crippen molar-refractivity contribution in [3.8, 4) is 5.75 Å². The number of aromatic amines is 1. The molecule has 0 fully saturated rings. The average Bonchev–Trinajstić information content (AvgIpc) is 3.24. The molecule has 2 heterocycles. The molecule has 1 aromatic carbocycles. The molecule has 0 saturated heterocycles. The van der Waals surface area contributed by atoms with E-state index in [2.05, 4.69) is 15.7 Å². The van der Waals surface area contributed by atoms with Crippen molar-refractivity contribution >= 4 is 23.0 Å². The predicted molar refractivity (Wildman–Crippen MR) is 112 cm³/mol. The molecule has 3 rings (SSSR count). The molecule has 1 atom stereocenters. The highest BCUT2D eigenvalue weighted by Gasteiger charge is 2.21. The fourth-order valence-electron chi connectivity index (χ4n) is 2.92. The van der Waals surface area contributed by atoms with E-state index in [0.717, 1.165) is 4.68 Å². The summed E-state index contributed by atoms with van der Waals surface area (Å²) in [5.74, 6) is -0.162. The van der Waals surface area contributed by atoms with Crippen molar-refractivity contribution in [3.63, 3.8) is 0 Å². The molecule has 3 aromatic rings. The first kappa shape index (κ1) is 20.8. The third-order valence-electron chi connectivity index (χ3n) is 4.53. The Bertz CT molecular complexity index is 1180. The van der Waals surface area contributed by atoms with Gasteiger partial charge in [0.25, 0.3) is 17.0 Å². The molecule has 0 aliphatic rings. The van der Waals surface area contributed by atoms with Gasteiger partial charge in [-0.15, -0.1) is 0 Å². The summed E-state index contributed by atoms with van der Waals surface area (Å²) >= 11 is 0. The molecule has 0 aliphatic heterocycles. The van der Waals surface area contributed by atoms with Crippen LogP contribution in [0.1, 0.15) is 29.1 Å². The van der Waals surface area contributed by atoms with Crippen molar-refractivity contribution in [1.29, 1.82) is 0 Å². The van der Waals surface area contributed by atoms with E-state index in [1.54, 1.807) is 39.2 Å². The Morgan fingerprint density at radius 3 is 2.57 bits per heavy atom. The van der Waals surface area contributed by atoms with Crippen LogP contribution in [0.3, 0.4) is 0 Å². The summed E-state index contributed by atoms with van der Waals surface area (Å²) in [6.07, 6.45) is 1.51. The molecule has 2 aromatic heterocycles. The third kappa shape index (κ3) is 3.93. The number of rotatable bonds is 6. The number of benzene rings is 1. The van der Waals surface area contributed by atoms with Crippen LogP contribution >= 0.6 is 0 Å². The molecule has 4 N–H and O–H groups in total. The second-order valence-corrected chi connectivity index (χ2v) is 6.96. The minimum absolute atomic E-state index is 0.00566. The molecule has 158 valence electrons. The number of para-hydroxylation sites is 1. The number of carbonyl (C=O) groups excluding carboxylic acids is 1. The van der Waals surface area contributed by atoms with E-state index in [9.17, 15) is 19.5 Å². The fraction of sp³-hybridized carbons (Fsp3) is 0.250. The third-order valence-corrected chi connectivity index (χ3v) is 4.53. The van der Waals surface area contributed by atoms with Crippen molar-refractivity contribution in [2.24, 2.45) is 7.05 Å². The highest BCUT2D eigenvalue weighted by molar-refractivity contribution is 5.98. The number of aromatic nitrogens is 2. The van der Waals surface area contributed by atoms with Crippen LogP contribution in [0.2, 0.25) is 0 Å². The van der Waals surface area contributed by atoms with Crippen molar-refractivity contribution < 1.29 is 14.3 Å². The van der Waals surface area contributed by atoms with Gasteiger partial charge in [-0.05, 0) is 31.2 Å². The van der Waals surface area contributed by atoms with Gasteiger partial charge in [0, 0.05) is 21.1 Å². The molecule has 0 aliphatic carbocycles. The molecular formula is C20H23N5O5. The van der Waals surface area contributed by atoms with Crippen LogP contribution in [0, 0.1) is 0 Å². The van der Waals surface area contributed by atoms with Gasteiger partial charge in [-0.3, -0.25) is 24.2 Å². The number of carbonyl (C=O) groups is 1. The Labute approximate surface area is 171 Å². The lowest BCUT2D eigenvalue weighted by Gasteiger charge is -2.18. The summed E-state index contributed by atoms with van der Waals surface area (Å²) in [7, 11) is 4.54. The van der Waals surface area contributed by atoms with Crippen LogP contribution in [0.25, 0.3) is 0 Å². The van der Waals surface area contributed by atoms with Gasteiger partial charge in [-0.1, -0.05) is 6.07 Å². The van der Waals surface area contributed by atoms with Crippen molar-refractivity contribution in [3.05, 3.63) is 68.6 Å². The topological polar surface area (TPSA) is 133 Å². The first-order valence-electron chi connectivity index (χ1n) is 9.14. The quantitative estimate of drug-likeness (QED) is 0.454. The minimum Gasteiger partial charge on any atom is -0.505 e. The summed E-state index contributed by atoms with van der Waals surface area (Å²) in [5.41, 5.74) is -1.01. The molecule has 0 spiro atoms. The monoisotopic (exact) mass is 413 g/mol. The predicted octanol–water partition coefficient (Wildman–Crippen LogP) is 1.99. The zero-order chi connectivity index (χ0) is 22.0. The van der Waals surface area contributed by atoms with Crippen LogP contribution in [-0.2, 0) is 7.05 Å². The van der Waals surface area contributed by atoms with Gasteiger partial charge in [-0.25, -0.2) is 0 Å². The zero-order valence-corrected chi connectivity index (χ0v) is 17.0. The second kappa shape index (κ2) is 8.19. The Kier molecular flexibility index (Phi) is 5.67. The first-order valence-corrected chi connectivity index (χ1v) is 9.14. The van der Waals surface area contributed by atoms with Crippen LogP contribution in [-0.4, -0.2) is 39.8 Å². The SMILES string of the molecule is CC(Nc1c(Nc2cccc(C(=O)N(C)C)c2O)c(=O)[nH]n(C)c1=O)c1ccco1. The van der Waals surface area contributed by atoms with E-state index < -0.39 is 23.1 Å². The Morgan fingerprint density at radius 1 is 1.20 bits per heavy atom. The number of aryl methyl sites for hydroxylation is 1. The largest absolute Gasteiger partial charge is 0.505 e. The lowest BCUT2D eigenvalue weighted by Crippen LogP contribution is -2.32. The van der Waals surface area contributed by atoms with Crippen LogP contribution in [0.4, 0.5) is 17.1 Å². The van der Waals surface area contributed by atoms with E-state index in [1.807, 2.05) is 0 Å². The Hall–Kier alpha value is -3.95. The van der Waals surface area contributed by atoms with Gasteiger partial charge in [0.05, 0.1) is 23.6 Å². The number of hydrogen-bond donors (Lipinski definition) is 4. The van der Waals surface area contributed by atoms with E-state index in [-0.39, 0.29) is 28.4 Å². The number of H-pyrrole nitrogens is 1. The molecular weight excluding hydrogens is 390 g/mol. The molecule has 30 heavy (non-hydrogen) atoms. The second-order valence-electron chi connectivity index (χ2n) is 6.96. The maximum absolute atomic E-state index is 12.7. The number of aromatic hydroxyl groups is 1. The number of anilines is 3. The number of amides is 1. The van der Waals surface area contributed by atoms with E-state index in [4.69, 9.17) is 4.42 Å². The van der Waals surface area contributed by atoms with Gasteiger partial charge in [0.2, 0.25) is 0 Å². The van der Waals surface area contributed by atoms with E-state index >= 15 is 0 Å². The standard InChI is InChI=1S/C20H23N5O5/c1-11(14-9-6-10-30-14)21-16-15(18(27)23-25(4)20(16)29)22-13-8-5-7-12(17(13)26)19(28)24(2)3/h5-11,21-22,26H,1-4H3,(H,23,27). The van der Waals surface area contributed by atoms with Gasteiger partial charge in [0.1, 0.15) is 17.1 Å². The number of phenols is 1. The maximum Gasteiger partial charge on any atom is 0.290 e. The van der Waals surface area contributed by atoms with Crippen LogP contribution in [0.15, 0.2) is 50.6 Å². The van der Waals surface area contributed by atoms with Crippen molar-refractivity contribution in [2.75, 3.05) is 24.7 Å². The molecule has 10 heteroatoms. The summed E-state index contributed by atoms with van der Waals surface area (Å²) in [6.45, 7) is 1.77. The van der Waals surface area contributed by atoms with Gasteiger partial charge >= 0.3 is 0 Å². The minimum atomic E-state index is -0.588. The number of phenolic OH excluding ortho intramolecular Hbond substituents is 1. The maximum atomic E-state index is 12.7. The summed E-state index contributed by atoms with van der Waals surface area (Å²) in [5, 5.41) is 18.8. The summed E-state index contributed by atoms with van der Waals surface area (Å²) in [6, 6.07) is 7.57. The zero-order valence-electron chi connectivity index (χ0n) is 17.0. The van der Waals surface area contributed by atoms with Crippen molar-refractivity contribution in [1.82, 2.24) is 14.7 Å². The highest BCUT2D eigenvalue weighted by Crippen LogP contribution is 2.32. The van der Waals surface area contributed by atoms with Gasteiger partial charge in [-0.2, -0.15) is 0 Å². The van der Waals surface area contributed by atoms with Gasteiger partial charge in [0.15, 0.2) is 5.75 Å². The summed E-state index contributed by atoms with van der Waals surface area (Å²) < 4.78 is 6.40. The molecule has 1 amide bonds. The van der Waals surface area contributed by atoms with Crippen molar-refractivity contribution in [2.45, 2.75) is 13.0 Å². The molecule has 1 unspecified atom stereocenters. The lowest BCUT2D eigenvalue weighted by molar-refractivity contribution is 0.0824. The van der Waals surface area contributed by atoms with E-state index in [0.29, 0.717) is 5.76 Å². The fourth-order valence-corrected chi connectivity index (χ4v) is 2.92. The number of hydrogen-bond acceptors (Lipinski definition) is 7. The number of furan rings is 1. The number of nitrogens with zero attached hydrogens (tertiary/aromatic N) is 2. The average molecular weight is 413 g/mol. The Morgan fingerprint density at radius 2 is 1.93 bits per heavy atom. The molecule has 0 saturated carbocycles. The van der Waals surface area contributed by atoms with Crippen LogP contribution in [0.5, 0.6) is 5.75 Å². The summed E-state index contributed by atoms with van der Waals surface area (Å²) in [4.78, 5) is 38.9. The Balaban J connectivity index is 2.06. The van der Waals surface area contributed by atoms with E-state index in [1.165, 1.54) is 30.3 Å². The highest BCUT2D eigenvalue weighted by atomic mass is 16.3. The van der Waals surface area contributed by atoms with Gasteiger partial charge < -0.3 is 25.1 Å².